The van der Waals surface area contributed by atoms with Crippen LogP contribution in [0.1, 0.15) is 72.6 Å². The molecule has 0 aliphatic rings. The van der Waals surface area contributed by atoms with Crippen molar-refractivity contribution in [3.63, 3.8) is 0 Å². The molecular formula is C14H28. The van der Waals surface area contributed by atoms with Crippen LogP contribution in [-0.4, -0.2) is 0 Å². The zero-order valence-corrected chi connectivity index (χ0v) is 10.6. The van der Waals surface area contributed by atoms with Crippen LogP contribution in [0.5, 0.6) is 0 Å². The molecular weight excluding hydrogens is 168 g/mol. The highest BCUT2D eigenvalue weighted by molar-refractivity contribution is 4.92. The number of hydrogen-bond acceptors (Lipinski definition) is 0. The summed E-state index contributed by atoms with van der Waals surface area (Å²) in [7, 11) is 0. The van der Waals surface area contributed by atoms with Crippen LogP contribution < -0.4 is 0 Å². The third-order valence-corrected chi connectivity index (χ3v) is 2.91. The minimum Gasteiger partial charge on any atom is -0.0859 e. The van der Waals surface area contributed by atoms with Gasteiger partial charge in [-0.15, -0.1) is 0 Å². The molecule has 0 rings (SSSR count). The Kier molecular flexibility index (Phi) is 9.13. The van der Waals surface area contributed by atoms with Crippen molar-refractivity contribution >= 4 is 0 Å². The van der Waals surface area contributed by atoms with E-state index in [4.69, 9.17) is 0 Å². The molecule has 0 saturated heterocycles. The molecule has 84 valence electrons. The second kappa shape index (κ2) is 9.30. The van der Waals surface area contributed by atoms with Gasteiger partial charge in [0, 0.05) is 0 Å². The summed E-state index contributed by atoms with van der Waals surface area (Å²) in [4.78, 5) is 0. The Morgan fingerprint density at radius 3 is 2.21 bits per heavy atom. The van der Waals surface area contributed by atoms with Crippen molar-refractivity contribution in [2.24, 2.45) is 5.92 Å². The van der Waals surface area contributed by atoms with Crippen molar-refractivity contribution in [3.8, 4) is 0 Å². The number of allylic oxidation sites excluding steroid dienone is 2. The van der Waals surface area contributed by atoms with Crippen molar-refractivity contribution in [1.29, 1.82) is 0 Å². The lowest BCUT2D eigenvalue weighted by atomic mass is 9.93. The lowest BCUT2D eigenvalue weighted by Gasteiger charge is -2.13. The molecule has 0 nitrogen and oxygen atoms in total. The van der Waals surface area contributed by atoms with Gasteiger partial charge in [-0.1, -0.05) is 57.6 Å². The van der Waals surface area contributed by atoms with E-state index < -0.39 is 0 Å². The minimum atomic E-state index is 0.987. The van der Waals surface area contributed by atoms with Crippen LogP contribution >= 0.6 is 0 Å². The van der Waals surface area contributed by atoms with Crippen molar-refractivity contribution in [1.82, 2.24) is 0 Å². The second-order valence-corrected chi connectivity index (χ2v) is 4.63. The molecule has 0 spiro atoms. The predicted molar refractivity (Wildman–Crippen MR) is 66.6 cm³/mol. The maximum atomic E-state index is 2.37. The van der Waals surface area contributed by atoms with Gasteiger partial charge in [0.15, 0.2) is 0 Å². The molecule has 0 aliphatic heterocycles. The maximum absolute atomic E-state index is 2.37. The quantitative estimate of drug-likeness (QED) is 0.363. The van der Waals surface area contributed by atoms with Crippen molar-refractivity contribution < 1.29 is 0 Å². The fourth-order valence-corrected chi connectivity index (χ4v) is 1.84. The summed E-state index contributed by atoms with van der Waals surface area (Å²) in [6.45, 7) is 9.00. The molecule has 0 amide bonds. The molecule has 0 saturated carbocycles. The highest BCUT2D eigenvalue weighted by Crippen LogP contribution is 2.19. The van der Waals surface area contributed by atoms with Crippen LogP contribution in [0.4, 0.5) is 0 Å². The van der Waals surface area contributed by atoms with Crippen LogP contribution in [-0.2, 0) is 0 Å². The summed E-state index contributed by atoms with van der Waals surface area (Å²) in [5, 5.41) is 0. The first-order chi connectivity index (χ1) is 6.70. The molecule has 0 heterocycles. The fourth-order valence-electron chi connectivity index (χ4n) is 1.84. The molecule has 1 unspecified atom stereocenters. The zero-order valence-electron chi connectivity index (χ0n) is 10.6. The Labute approximate surface area is 90.8 Å². The average molecular weight is 196 g/mol. The van der Waals surface area contributed by atoms with Crippen LogP contribution in [0.2, 0.25) is 0 Å². The number of hydrogen-bond donors (Lipinski definition) is 0. The molecule has 0 heteroatoms. The van der Waals surface area contributed by atoms with E-state index in [1.807, 2.05) is 0 Å². The van der Waals surface area contributed by atoms with E-state index in [9.17, 15) is 0 Å². The van der Waals surface area contributed by atoms with Crippen LogP contribution in [0, 0.1) is 5.92 Å². The van der Waals surface area contributed by atoms with E-state index in [0.29, 0.717) is 0 Å². The standard InChI is InChI=1S/C14H28/c1-5-7-11-14(6-2)12-9-8-10-13(3)4/h10,14H,5-9,11-12H2,1-4H3. The van der Waals surface area contributed by atoms with Crippen LogP contribution in [0.25, 0.3) is 0 Å². The first-order valence-electron chi connectivity index (χ1n) is 6.34. The van der Waals surface area contributed by atoms with Gasteiger partial charge in [-0.05, 0) is 32.6 Å². The molecule has 1 atom stereocenters. The van der Waals surface area contributed by atoms with Crippen molar-refractivity contribution in [2.75, 3.05) is 0 Å². The molecule has 0 aliphatic carbocycles. The zero-order chi connectivity index (χ0) is 10.8. The summed E-state index contributed by atoms with van der Waals surface area (Å²) < 4.78 is 0. The summed E-state index contributed by atoms with van der Waals surface area (Å²) in [5.41, 5.74) is 1.46. The molecule has 0 radical (unpaired) electrons. The Balaban J connectivity index is 3.47. The van der Waals surface area contributed by atoms with Crippen LogP contribution in [0.15, 0.2) is 11.6 Å². The summed E-state index contributed by atoms with van der Waals surface area (Å²) >= 11 is 0. The lowest BCUT2D eigenvalue weighted by molar-refractivity contribution is 0.411. The SMILES string of the molecule is CCCCC(CC)CCCC=C(C)C. The highest BCUT2D eigenvalue weighted by atomic mass is 14.1. The predicted octanol–water partition coefficient (Wildman–Crippen LogP) is 5.34. The topological polar surface area (TPSA) is 0 Å². The Morgan fingerprint density at radius 2 is 1.71 bits per heavy atom. The molecule has 0 N–H and O–H groups in total. The van der Waals surface area contributed by atoms with E-state index in [2.05, 4.69) is 33.8 Å². The minimum absolute atomic E-state index is 0.987. The van der Waals surface area contributed by atoms with Gasteiger partial charge in [-0.3, -0.25) is 0 Å². The van der Waals surface area contributed by atoms with Gasteiger partial charge in [0.1, 0.15) is 0 Å². The Hall–Kier alpha value is -0.260. The monoisotopic (exact) mass is 196 g/mol. The van der Waals surface area contributed by atoms with Gasteiger partial charge in [0.2, 0.25) is 0 Å². The number of rotatable bonds is 8. The van der Waals surface area contributed by atoms with Crippen molar-refractivity contribution in [2.45, 2.75) is 72.6 Å². The number of unbranched alkanes of at least 4 members (excludes halogenated alkanes) is 2. The van der Waals surface area contributed by atoms with Crippen LogP contribution in [0.3, 0.4) is 0 Å². The van der Waals surface area contributed by atoms with Crippen molar-refractivity contribution in [3.05, 3.63) is 11.6 Å². The van der Waals surface area contributed by atoms with E-state index in [1.165, 1.54) is 50.5 Å². The first kappa shape index (κ1) is 13.7. The maximum Gasteiger partial charge on any atom is -0.0348 e. The van der Waals surface area contributed by atoms with Gasteiger partial charge in [-0.25, -0.2) is 0 Å². The van der Waals surface area contributed by atoms with E-state index >= 15 is 0 Å². The lowest BCUT2D eigenvalue weighted by Crippen LogP contribution is -1.98. The molecule has 0 aromatic rings. The van der Waals surface area contributed by atoms with Gasteiger partial charge < -0.3 is 0 Å². The van der Waals surface area contributed by atoms with E-state index in [0.717, 1.165) is 5.92 Å². The molecule has 0 bridgehead atoms. The largest absolute Gasteiger partial charge is 0.0859 e. The smallest absolute Gasteiger partial charge is 0.0348 e. The summed E-state index contributed by atoms with van der Waals surface area (Å²) in [6, 6.07) is 0. The molecule has 0 aromatic carbocycles. The van der Waals surface area contributed by atoms with Gasteiger partial charge in [0.25, 0.3) is 0 Å². The third kappa shape index (κ3) is 8.34. The molecule has 0 fully saturated rings. The fraction of sp³-hybridized carbons (Fsp3) is 0.857. The Bertz CT molecular complexity index is 140. The normalized spacial score (nSPS) is 12.6. The van der Waals surface area contributed by atoms with Gasteiger partial charge in [0.05, 0.1) is 0 Å². The van der Waals surface area contributed by atoms with Gasteiger partial charge >= 0.3 is 0 Å². The first-order valence-corrected chi connectivity index (χ1v) is 6.34. The molecule has 14 heavy (non-hydrogen) atoms. The molecule has 0 aromatic heterocycles. The summed E-state index contributed by atoms with van der Waals surface area (Å²) in [5.74, 6) is 0.987. The van der Waals surface area contributed by atoms with E-state index in [1.54, 1.807) is 0 Å². The van der Waals surface area contributed by atoms with E-state index in [-0.39, 0.29) is 0 Å². The van der Waals surface area contributed by atoms with Gasteiger partial charge in [-0.2, -0.15) is 0 Å². The average Bonchev–Trinajstić information content (AvgIpc) is 2.16. The third-order valence-electron chi connectivity index (χ3n) is 2.91. The highest BCUT2D eigenvalue weighted by Gasteiger charge is 2.04. The summed E-state index contributed by atoms with van der Waals surface area (Å²) in [6.07, 6.45) is 12.0. The second-order valence-electron chi connectivity index (χ2n) is 4.63. The Morgan fingerprint density at radius 1 is 1.07 bits per heavy atom.